The quantitative estimate of drug-likeness (QED) is 0.528. The van der Waals surface area contributed by atoms with Crippen LogP contribution in [0.3, 0.4) is 0 Å². The molecule has 8 heavy (non-hydrogen) atoms. The lowest BCUT2D eigenvalue weighted by Crippen LogP contribution is -2.27. The van der Waals surface area contributed by atoms with Gasteiger partial charge in [-0.2, -0.15) is 0 Å². The summed E-state index contributed by atoms with van der Waals surface area (Å²) < 4.78 is 10.4. The molecule has 0 aromatic rings. The Morgan fingerprint density at radius 2 is 2.25 bits per heavy atom. The number of nitrogens with one attached hydrogen (secondary N) is 1. The molecule has 0 rings (SSSR count). The molecule has 0 radical (unpaired) electrons. The Labute approximate surface area is 50.9 Å². The van der Waals surface area contributed by atoms with Crippen LogP contribution in [0.15, 0.2) is 0 Å². The van der Waals surface area contributed by atoms with Gasteiger partial charge in [0.05, 0.1) is 0 Å². The van der Waals surface area contributed by atoms with Crippen molar-refractivity contribution in [1.29, 1.82) is 0 Å². The van der Waals surface area contributed by atoms with Gasteiger partial charge in [0.2, 0.25) is 6.41 Å². The Kier molecular flexibility index (Phi) is 3.43. The molecular formula is C4H9NO2S. The van der Waals surface area contributed by atoms with Gasteiger partial charge in [0, 0.05) is 17.1 Å². The molecule has 0 bridgehead atoms. The van der Waals surface area contributed by atoms with E-state index in [2.05, 4.69) is 5.32 Å². The van der Waals surface area contributed by atoms with Gasteiger partial charge in [-0.05, 0) is 6.92 Å². The van der Waals surface area contributed by atoms with E-state index < -0.39 is 10.8 Å². The van der Waals surface area contributed by atoms with Gasteiger partial charge in [0.25, 0.3) is 0 Å². The fraction of sp³-hybridized carbons (Fsp3) is 0.750. The van der Waals surface area contributed by atoms with E-state index >= 15 is 0 Å². The second-order valence-corrected chi connectivity index (χ2v) is 3.13. The zero-order chi connectivity index (χ0) is 6.57. The Balaban J connectivity index is 3.46. The minimum Gasteiger partial charge on any atom is -0.345 e. The Morgan fingerprint density at radius 3 is 2.38 bits per heavy atom. The summed E-state index contributed by atoms with van der Waals surface area (Å²) in [6.45, 7) is 1.69. The van der Waals surface area contributed by atoms with Gasteiger partial charge in [0.1, 0.15) is 5.37 Å². The summed E-state index contributed by atoms with van der Waals surface area (Å²) in [7, 11) is -0.953. The molecule has 2 unspecified atom stereocenters. The Bertz CT molecular complexity index is 104. The van der Waals surface area contributed by atoms with E-state index in [9.17, 15) is 9.00 Å². The average Bonchev–Trinajstić information content (AvgIpc) is 1.67. The molecule has 0 aromatic heterocycles. The molecule has 0 saturated heterocycles. The van der Waals surface area contributed by atoms with Crippen LogP contribution in [0.1, 0.15) is 6.92 Å². The normalized spacial score (nSPS) is 16.8. The molecule has 48 valence electrons. The molecule has 0 heterocycles. The van der Waals surface area contributed by atoms with Crippen molar-refractivity contribution in [2.75, 3.05) is 6.26 Å². The first kappa shape index (κ1) is 7.62. The summed E-state index contributed by atoms with van der Waals surface area (Å²) in [4.78, 5) is 9.67. The second kappa shape index (κ2) is 3.60. The third-order valence-electron chi connectivity index (χ3n) is 0.801. The highest BCUT2D eigenvalue weighted by Gasteiger charge is 2.00. The molecule has 0 aliphatic rings. The van der Waals surface area contributed by atoms with Gasteiger partial charge in [-0.15, -0.1) is 0 Å². The lowest BCUT2D eigenvalue weighted by molar-refractivity contribution is -0.109. The van der Waals surface area contributed by atoms with Crippen LogP contribution in [0.2, 0.25) is 0 Å². The molecule has 0 aliphatic heterocycles. The first-order valence-corrected chi connectivity index (χ1v) is 3.82. The predicted octanol–water partition coefficient (Wildman–Crippen LogP) is -0.543. The van der Waals surface area contributed by atoms with Crippen LogP contribution in [0.4, 0.5) is 0 Å². The summed E-state index contributed by atoms with van der Waals surface area (Å²) in [5, 5.41) is 2.14. The van der Waals surface area contributed by atoms with Gasteiger partial charge in [-0.3, -0.25) is 9.00 Å². The molecule has 4 heteroatoms. The van der Waals surface area contributed by atoms with Gasteiger partial charge >= 0.3 is 0 Å². The van der Waals surface area contributed by atoms with Crippen LogP contribution in [0.25, 0.3) is 0 Å². The maximum atomic E-state index is 10.4. The number of hydrogen-bond acceptors (Lipinski definition) is 2. The minimum absolute atomic E-state index is 0.229. The maximum absolute atomic E-state index is 10.4. The molecule has 0 aliphatic carbocycles. The second-order valence-electron chi connectivity index (χ2n) is 1.43. The van der Waals surface area contributed by atoms with Crippen molar-refractivity contribution in [1.82, 2.24) is 5.32 Å². The fourth-order valence-electron chi connectivity index (χ4n) is 0.192. The van der Waals surface area contributed by atoms with E-state index in [0.717, 1.165) is 0 Å². The van der Waals surface area contributed by atoms with Crippen molar-refractivity contribution in [3.8, 4) is 0 Å². The van der Waals surface area contributed by atoms with Crippen molar-refractivity contribution in [2.45, 2.75) is 12.3 Å². The molecular weight excluding hydrogens is 126 g/mol. The van der Waals surface area contributed by atoms with Crippen LogP contribution in [0.5, 0.6) is 0 Å². The van der Waals surface area contributed by atoms with Crippen molar-refractivity contribution in [2.24, 2.45) is 0 Å². The number of amides is 1. The number of carbonyl (C=O) groups excluding carboxylic acids is 1. The number of rotatable bonds is 3. The SMILES string of the molecule is CC(NC=O)S(C)=O. The summed E-state index contributed by atoms with van der Waals surface area (Å²) in [5.74, 6) is 0. The zero-order valence-electron chi connectivity index (χ0n) is 4.88. The van der Waals surface area contributed by atoms with Gasteiger partial charge in [0.15, 0.2) is 0 Å². The fourth-order valence-corrected chi connectivity index (χ4v) is 0.439. The monoisotopic (exact) mass is 135 g/mol. The summed E-state index contributed by atoms with van der Waals surface area (Å²) >= 11 is 0. The first-order valence-electron chi connectivity index (χ1n) is 2.20. The van der Waals surface area contributed by atoms with Gasteiger partial charge in [-0.1, -0.05) is 0 Å². The topological polar surface area (TPSA) is 46.2 Å². The van der Waals surface area contributed by atoms with E-state index in [4.69, 9.17) is 0 Å². The molecule has 2 atom stereocenters. The first-order chi connectivity index (χ1) is 3.68. The van der Waals surface area contributed by atoms with E-state index in [-0.39, 0.29) is 5.37 Å². The van der Waals surface area contributed by atoms with Crippen molar-refractivity contribution >= 4 is 17.2 Å². The van der Waals surface area contributed by atoms with E-state index in [0.29, 0.717) is 6.41 Å². The third kappa shape index (κ3) is 2.74. The van der Waals surface area contributed by atoms with Gasteiger partial charge < -0.3 is 5.32 Å². The van der Waals surface area contributed by atoms with E-state index in [1.54, 1.807) is 13.2 Å². The standard InChI is InChI=1S/C4H9NO2S/c1-4(5-3-6)8(2)7/h3-4H,1-2H3,(H,5,6). The lowest BCUT2D eigenvalue weighted by Gasteiger charge is -2.03. The van der Waals surface area contributed by atoms with Crippen molar-refractivity contribution in [3.05, 3.63) is 0 Å². The van der Waals surface area contributed by atoms with Crippen LogP contribution < -0.4 is 5.32 Å². The van der Waals surface area contributed by atoms with E-state index in [1.807, 2.05) is 0 Å². The lowest BCUT2D eigenvalue weighted by atomic mass is 10.8. The Morgan fingerprint density at radius 1 is 1.75 bits per heavy atom. The molecule has 0 aromatic carbocycles. The van der Waals surface area contributed by atoms with E-state index in [1.165, 1.54) is 0 Å². The zero-order valence-corrected chi connectivity index (χ0v) is 5.70. The average molecular weight is 135 g/mol. The Hall–Kier alpha value is -0.380. The molecule has 3 nitrogen and oxygen atoms in total. The van der Waals surface area contributed by atoms with Crippen LogP contribution in [-0.4, -0.2) is 22.2 Å². The number of carbonyl (C=O) groups is 1. The molecule has 0 spiro atoms. The molecule has 0 fully saturated rings. The van der Waals surface area contributed by atoms with Gasteiger partial charge in [-0.25, -0.2) is 0 Å². The largest absolute Gasteiger partial charge is 0.345 e. The van der Waals surface area contributed by atoms with Crippen molar-refractivity contribution < 1.29 is 9.00 Å². The molecule has 0 saturated carbocycles. The predicted molar refractivity (Wildman–Crippen MR) is 32.7 cm³/mol. The third-order valence-corrected chi connectivity index (χ3v) is 1.93. The highest BCUT2D eigenvalue weighted by Crippen LogP contribution is 1.82. The highest BCUT2D eigenvalue weighted by atomic mass is 32.2. The summed E-state index contributed by atoms with van der Waals surface area (Å²) in [6, 6.07) is 0. The van der Waals surface area contributed by atoms with Crippen LogP contribution in [-0.2, 0) is 15.6 Å². The summed E-state index contributed by atoms with van der Waals surface area (Å²) in [6.07, 6.45) is 2.09. The van der Waals surface area contributed by atoms with Crippen molar-refractivity contribution in [3.63, 3.8) is 0 Å². The maximum Gasteiger partial charge on any atom is 0.208 e. The minimum atomic E-state index is -0.953. The van der Waals surface area contributed by atoms with Crippen LogP contribution >= 0.6 is 0 Å². The molecule has 1 N–H and O–H groups in total. The highest BCUT2D eigenvalue weighted by molar-refractivity contribution is 7.84. The smallest absolute Gasteiger partial charge is 0.208 e. The van der Waals surface area contributed by atoms with Crippen LogP contribution in [0, 0.1) is 0 Å². The molecule has 1 amide bonds. The number of hydrogen-bond donors (Lipinski definition) is 1. The summed E-state index contributed by atoms with van der Waals surface area (Å²) in [5.41, 5.74) is 0.